The minimum atomic E-state index is -3.65. The lowest BCUT2D eigenvalue weighted by Gasteiger charge is -2.28. The summed E-state index contributed by atoms with van der Waals surface area (Å²) in [5, 5.41) is 9.53. The van der Waals surface area contributed by atoms with Crippen molar-refractivity contribution < 1.29 is 18.3 Å². The van der Waals surface area contributed by atoms with Crippen LogP contribution in [0.15, 0.2) is 47.4 Å². The summed E-state index contributed by atoms with van der Waals surface area (Å²) in [5.74, 6) is -1.09. The first kappa shape index (κ1) is 16.0. The van der Waals surface area contributed by atoms with Crippen molar-refractivity contribution in [2.75, 3.05) is 6.54 Å². The van der Waals surface area contributed by atoms with Gasteiger partial charge in [0.15, 0.2) is 0 Å². The molecule has 0 saturated heterocycles. The van der Waals surface area contributed by atoms with Crippen LogP contribution in [0.1, 0.15) is 21.5 Å². The number of hydrogen-bond donors (Lipinski definition) is 1. The molecule has 3 rings (SSSR count). The monoisotopic (exact) mass is 351 g/mol. The van der Waals surface area contributed by atoms with E-state index in [-0.39, 0.29) is 17.0 Å². The third-order valence-electron chi connectivity index (χ3n) is 3.88. The average Bonchev–Trinajstić information content (AvgIpc) is 2.54. The third-order valence-corrected chi connectivity index (χ3v) is 5.98. The second kappa shape index (κ2) is 5.96. The number of carboxylic acids is 1. The first-order chi connectivity index (χ1) is 10.9. The summed E-state index contributed by atoms with van der Waals surface area (Å²) < 4.78 is 26.8. The van der Waals surface area contributed by atoms with Gasteiger partial charge in [-0.05, 0) is 53.9 Å². The van der Waals surface area contributed by atoms with Crippen LogP contribution in [0.25, 0.3) is 0 Å². The lowest BCUT2D eigenvalue weighted by Crippen LogP contribution is -2.35. The van der Waals surface area contributed by atoms with Crippen molar-refractivity contribution in [3.63, 3.8) is 0 Å². The summed E-state index contributed by atoms with van der Waals surface area (Å²) in [7, 11) is -3.65. The summed E-state index contributed by atoms with van der Waals surface area (Å²) in [4.78, 5) is 11.0. The Balaban J connectivity index is 1.88. The number of halogens is 1. The molecule has 1 N–H and O–H groups in total. The van der Waals surface area contributed by atoms with Crippen LogP contribution >= 0.6 is 11.6 Å². The normalized spacial score (nSPS) is 15.2. The van der Waals surface area contributed by atoms with Crippen LogP contribution in [0.2, 0.25) is 5.02 Å². The quantitative estimate of drug-likeness (QED) is 0.922. The van der Waals surface area contributed by atoms with E-state index in [0.29, 0.717) is 18.0 Å². The molecule has 0 amide bonds. The number of rotatable bonds is 3. The van der Waals surface area contributed by atoms with Crippen molar-refractivity contribution in [2.24, 2.45) is 0 Å². The maximum atomic E-state index is 12.7. The maximum absolute atomic E-state index is 12.7. The molecule has 2 aromatic carbocycles. The number of carbonyl (C=O) groups is 1. The molecule has 0 radical (unpaired) electrons. The number of carboxylic acid groups (broad SMARTS) is 1. The first-order valence-electron chi connectivity index (χ1n) is 6.99. The van der Waals surface area contributed by atoms with Gasteiger partial charge < -0.3 is 5.11 Å². The first-order valence-corrected chi connectivity index (χ1v) is 8.80. The van der Waals surface area contributed by atoms with Gasteiger partial charge in [-0.2, -0.15) is 4.31 Å². The molecule has 7 heteroatoms. The van der Waals surface area contributed by atoms with Crippen LogP contribution < -0.4 is 0 Å². The second-order valence-corrected chi connectivity index (χ2v) is 7.71. The molecule has 1 aliphatic rings. The molecule has 0 atom stereocenters. The van der Waals surface area contributed by atoms with Gasteiger partial charge in [0.05, 0.1) is 10.5 Å². The van der Waals surface area contributed by atoms with E-state index in [1.54, 1.807) is 6.07 Å². The van der Waals surface area contributed by atoms with E-state index in [9.17, 15) is 13.2 Å². The molecular weight excluding hydrogens is 338 g/mol. The Hall–Kier alpha value is -1.89. The predicted octanol–water partition coefficient (Wildman–Crippen LogP) is 2.79. The van der Waals surface area contributed by atoms with Crippen molar-refractivity contribution in [2.45, 2.75) is 17.9 Å². The van der Waals surface area contributed by atoms with Crippen LogP contribution in [0.5, 0.6) is 0 Å². The molecule has 23 heavy (non-hydrogen) atoms. The van der Waals surface area contributed by atoms with Crippen molar-refractivity contribution >= 4 is 27.6 Å². The van der Waals surface area contributed by atoms with Crippen LogP contribution in [0.4, 0.5) is 0 Å². The second-order valence-electron chi connectivity index (χ2n) is 5.33. The molecular formula is C16H14ClNO4S. The zero-order valence-corrected chi connectivity index (χ0v) is 13.6. The number of aromatic carboxylic acids is 1. The Kier molecular flexibility index (Phi) is 4.14. The molecule has 0 unspecified atom stereocenters. The highest BCUT2D eigenvalue weighted by atomic mass is 35.5. The molecule has 0 bridgehead atoms. The van der Waals surface area contributed by atoms with E-state index in [4.69, 9.17) is 16.7 Å². The number of fused-ring (bicyclic) bond motifs is 1. The Morgan fingerprint density at radius 2 is 1.78 bits per heavy atom. The zero-order valence-electron chi connectivity index (χ0n) is 12.1. The molecule has 0 aromatic heterocycles. The third kappa shape index (κ3) is 3.10. The molecule has 0 spiro atoms. The highest BCUT2D eigenvalue weighted by Crippen LogP contribution is 2.27. The smallest absolute Gasteiger partial charge is 0.335 e. The van der Waals surface area contributed by atoms with E-state index in [2.05, 4.69) is 0 Å². The Morgan fingerprint density at radius 3 is 2.43 bits per heavy atom. The summed E-state index contributed by atoms with van der Waals surface area (Å²) in [5.41, 5.74) is 2.05. The van der Waals surface area contributed by atoms with Crippen molar-refractivity contribution in [1.29, 1.82) is 0 Å². The van der Waals surface area contributed by atoms with Crippen LogP contribution in [-0.2, 0) is 23.0 Å². The van der Waals surface area contributed by atoms with Crippen LogP contribution in [0, 0.1) is 0 Å². The van der Waals surface area contributed by atoms with E-state index in [1.165, 1.54) is 28.6 Å². The average molecular weight is 352 g/mol. The van der Waals surface area contributed by atoms with Gasteiger partial charge in [0.25, 0.3) is 0 Å². The molecule has 1 heterocycles. The van der Waals surface area contributed by atoms with E-state index in [0.717, 1.165) is 11.1 Å². The highest BCUT2D eigenvalue weighted by Gasteiger charge is 2.28. The predicted molar refractivity (Wildman–Crippen MR) is 86.2 cm³/mol. The number of nitrogens with zero attached hydrogens (tertiary/aromatic N) is 1. The summed E-state index contributed by atoms with van der Waals surface area (Å²) >= 11 is 5.96. The van der Waals surface area contributed by atoms with E-state index in [1.807, 2.05) is 12.1 Å². The molecule has 2 aromatic rings. The van der Waals surface area contributed by atoms with E-state index < -0.39 is 16.0 Å². The van der Waals surface area contributed by atoms with Crippen molar-refractivity contribution in [1.82, 2.24) is 4.31 Å². The Bertz CT molecular complexity index is 862. The largest absolute Gasteiger partial charge is 0.478 e. The highest BCUT2D eigenvalue weighted by molar-refractivity contribution is 7.89. The van der Waals surface area contributed by atoms with Gasteiger partial charge in [-0.25, -0.2) is 13.2 Å². The van der Waals surface area contributed by atoms with Crippen LogP contribution in [0.3, 0.4) is 0 Å². The van der Waals surface area contributed by atoms with Gasteiger partial charge in [0.2, 0.25) is 10.0 Å². The number of sulfonamides is 1. The van der Waals surface area contributed by atoms with Gasteiger partial charge in [0.1, 0.15) is 0 Å². The van der Waals surface area contributed by atoms with Gasteiger partial charge in [0, 0.05) is 18.1 Å². The molecule has 0 fully saturated rings. The van der Waals surface area contributed by atoms with Crippen molar-refractivity contribution in [3.05, 3.63) is 64.2 Å². The summed E-state index contributed by atoms with van der Waals surface area (Å²) in [6.45, 7) is 0.659. The molecule has 0 saturated carbocycles. The molecule has 120 valence electrons. The SMILES string of the molecule is O=C(O)c1ccc(S(=O)(=O)N2CCc3cc(Cl)ccc3C2)cc1. The summed E-state index contributed by atoms with van der Waals surface area (Å²) in [6, 6.07) is 10.7. The van der Waals surface area contributed by atoms with Gasteiger partial charge in [-0.3, -0.25) is 0 Å². The lowest BCUT2D eigenvalue weighted by molar-refractivity contribution is 0.0696. The molecule has 0 aliphatic carbocycles. The summed E-state index contributed by atoms with van der Waals surface area (Å²) in [6.07, 6.45) is 0.600. The topological polar surface area (TPSA) is 74.7 Å². The van der Waals surface area contributed by atoms with Gasteiger partial charge in [-0.15, -0.1) is 0 Å². The van der Waals surface area contributed by atoms with Gasteiger partial charge in [-0.1, -0.05) is 17.7 Å². The fourth-order valence-electron chi connectivity index (χ4n) is 2.62. The fourth-order valence-corrected chi connectivity index (χ4v) is 4.23. The Labute approximate surface area is 139 Å². The standard InChI is InChI=1S/C16H14ClNO4S/c17-14-4-1-13-10-18(8-7-12(13)9-14)23(21,22)15-5-2-11(3-6-15)16(19)20/h1-6,9H,7-8,10H2,(H,19,20). The van der Waals surface area contributed by atoms with Gasteiger partial charge >= 0.3 is 5.97 Å². The zero-order chi connectivity index (χ0) is 16.6. The maximum Gasteiger partial charge on any atom is 0.335 e. The minimum absolute atomic E-state index is 0.0579. The van der Waals surface area contributed by atoms with Crippen molar-refractivity contribution in [3.8, 4) is 0 Å². The van der Waals surface area contributed by atoms with Crippen LogP contribution in [-0.4, -0.2) is 30.3 Å². The van der Waals surface area contributed by atoms with E-state index >= 15 is 0 Å². The molecule has 5 nitrogen and oxygen atoms in total. The number of hydrogen-bond acceptors (Lipinski definition) is 3. The minimum Gasteiger partial charge on any atom is -0.478 e. The lowest BCUT2D eigenvalue weighted by atomic mass is 10.0. The fraction of sp³-hybridized carbons (Fsp3) is 0.188. The Morgan fingerprint density at radius 1 is 1.09 bits per heavy atom. The molecule has 1 aliphatic heterocycles. The number of benzene rings is 2.